The summed E-state index contributed by atoms with van der Waals surface area (Å²) in [5.74, 6) is 2.34. The van der Waals surface area contributed by atoms with E-state index in [2.05, 4.69) is 6.92 Å². The van der Waals surface area contributed by atoms with Crippen LogP contribution in [0.25, 0.3) is 0 Å². The summed E-state index contributed by atoms with van der Waals surface area (Å²) in [7, 11) is 1.64. The lowest BCUT2D eigenvalue weighted by Crippen LogP contribution is -2.23. The van der Waals surface area contributed by atoms with Crippen LogP contribution in [0.3, 0.4) is 0 Å². The summed E-state index contributed by atoms with van der Waals surface area (Å²) in [5.41, 5.74) is 0.828. The highest BCUT2D eigenvalue weighted by atomic mass is 16.5. The molecule has 0 aliphatic heterocycles. The summed E-state index contributed by atoms with van der Waals surface area (Å²) in [6.07, 6.45) is 4.93. The lowest BCUT2D eigenvalue weighted by Gasteiger charge is -2.27. The van der Waals surface area contributed by atoms with Gasteiger partial charge in [0.2, 0.25) is 0 Å². The van der Waals surface area contributed by atoms with Gasteiger partial charge in [-0.05, 0) is 43.7 Å². The van der Waals surface area contributed by atoms with Gasteiger partial charge < -0.3 is 14.6 Å². The van der Waals surface area contributed by atoms with Gasteiger partial charge in [-0.1, -0.05) is 6.92 Å². The number of hydrogen-bond donors (Lipinski definition) is 1. The first kappa shape index (κ1) is 13.2. The maximum atomic E-state index is 9.33. The van der Waals surface area contributed by atoms with Crippen molar-refractivity contribution in [2.45, 2.75) is 45.3 Å². The highest BCUT2D eigenvalue weighted by Crippen LogP contribution is 2.31. The Morgan fingerprint density at radius 3 is 2.56 bits per heavy atom. The molecule has 0 saturated heterocycles. The highest BCUT2D eigenvalue weighted by molar-refractivity contribution is 5.40. The highest BCUT2D eigenvalue weighted by Gasteiger charge is 2.20. The third-order valence-corrected chi connectivity index (χ3v) is 3.70. The quantitative estimate of drug-likeness (QED) is 0.892. The fourth-order valence-corrected chi connectivity index (χ4v) is 2.43. The molecule has 3 nitrogen and oxygen atoms in total. The first-order valence-corrected chi connectivity index (χ1v) is 6.67. The van der Waals surface area contributed by atoms with Crippen molar-refractivity contribution >= 4 is 0 Å². The van der Waals surface area contributed by atoms with Crippen molar-refractivity contribution in [3.8, 4) is 11.5 Å². The Kier molecular flexibility index (Phi) is 4.48. The number of hydrogen-bond acceptors (Lipinski definition) is 3. The van der Waals surface area contributed by atoms with E-state index >= 15 is 0 Å². The van der Waals surface area contributed by atoms with Gasteiger partial charge in [0.25, 0.3) is 0 Å². The van der Waals surface area contributed by atoms with E-state index in [4.69, 9.17) is 9.47 Å². The lowest BCUT2D eigenvalue weighted by atomic mass is 9.89. The van der Waals surface area contributed by atoms with E-state index < -0.39 is 0 Å². The van der Waals surface area contributed by atoms with Gasteiger partial charge in [-0.2, -0.15) is 0 Å². The van der Waals surface area contributed by atoms with E-state index in [1.807, 2.05) is 18.2 Å². The summed E-state index contributed by atoms with van der Waals surface area (Å²) >= 11 is 0. The van der Waals surface area contributed by atoms with Crippen LogP contribution in [0, 0.1) is 5.92 Å². The predicted octanol–water partition coefficient (Wildman–Crippen LogP) is 3.15. The Morgan fingerprint density at radius 1 is 1.22 bits per heavy atom. The van der Waals surface area contributed by atoms with Gasteiger partial charge >= 0.3 is 0 Å². The summed E-state index contributed by atoms with van der Waals surface area (Å²) in [6.45, 7) is 2.30. The first-order chi connectivity index (χ1) is 8.72. The molecule has 1 aliphatic carbocycles. The van der Waals surface area contributed by atoms with Gasteiger partial charge in [0.05, 0.1) is 19.8 Å². The molecule has 18 heavy (non-hydrogen) atoms. The predicted molar refractivity (Wildman–Crippen MR) is 71.0 cm³/mol. The largest absolute Gasteiger partial charge is 0.497 e. The van der Waals surface area contributed by atoms with E-state index in [-0.39, 0.29) is 12.7 Å². The maximum Gasteiger partial charge on any atom is 0.128 e. The monoisotopic (exact) mass is 250 g/mol. The first-order valence-electron chi connectivity index (χ1n) is 6.67. The van der Waals surface area contributed by atoms with Crippen molar-refractivity contribution in [1.29, 1.82) is 0 Å². The second-order valence-electron chi connectivity index (χ2n) is 5.13. The third kappa shape index (κ3) is 3.16. The number of methoxy groups -OCH3 is 1. The van der Waals surface area contributed by atoms with Crippen molar-refractivity contribution in [2.75, 3.05) is 7.11 Å². The zero-order valence-corrected chi connectivity index (χ0v) is 11.2. The fourth-order valence-electron chi connectivity index (χ4n) is 2.43. The average Bonchev–Trinajstić information content (AvgIpc) is 2.41. The molecule has 1 aromatic rings. The van der Waals surface area contributed by atoms with Crippen LogP contribution in [-0.4, -0.2) is 18.3 Å². The molecule has 1 saturated carbocycles. The Bertz CT molecular complexity index is 381. The van der Waals surface area contributed by atoms with Crippen LogP contribution < -0.4 is 9.47 Å². The zero-order chi connectivity index (χ0) is 13.0. The maximum absolute atomic E-state index is 9.33. The third-order valence-electron chi connectivity index (χ3n) is 3.70. The molecule has 1 aromatic carbocycles. The summed E-state index contributed by atoms with van der Waals surface area (Å²) < 4.78 is 11.2. The second kappa shape index (κ2) is 6.10. The molecule has 1 N–H and O–H groups in total. The molecule has 3 heteroatoms. The van der Waals surface area contributed by atoms with Crippen molar-refractivity contribution in [1.82, 2.24) is 0 Å². The normalized spacial score (nSPS) is 23.7. The smallest absolute Gasteiger partial charge is 0.128 e. The molecule has 0 aromatic heterocycles. The average molecular weight is 250 g/mol. The molecule has 0 radical (unpaired) electrons. The minimum Gasteiger partial charge on any atom is -0.497 e. The van der Waals surface area contributed by atoms with Crippen LogP contribution in [0.2, 0.25) is 0 Å². The van der Waals surface area contributed by atoms with Gasteiger partial charge in [-0.25, -0.2) is 0 Å². The molecule has 2 rings (SSSR count). The van der Waals surface area contributed by atoms with Gasteiger partial charge in [-0.15, -0.1) is 0 Å². The Morgan fingerprint density at radius 2 is 1.94 bits per heavy atom. The van der Waals surface area contributed by atoms with Gasteiger partial charge in [0, 0.05) is 11.6 Å². The number of rotatable bonds is 4. The molecule has 0 bridgehead atoms. The van der Waals surface area contributed by atoms with Crippen molar-refractivity contribution in [3.05, 3.63) is 23.8 Å². The van der Waals surface area contributed by atoms with Crippen molar-refractivity contribution in [3.63, 3.8) is 0 Å². The van der Waals surface area contributed by atoms with Crippen LogP contribution in [0.4, 0.5) is 0 Å². The minimum absolute atomic E-state index is 0.00243. The van der Waals surface area contributed by atoms with Gasteiger partial charge in [-0.3, -0.25) is 0 Å². The number of aliphatic hydroxyl groups is 1. The van der Waals surface area contributed by atoms with Gasteiger partial charge in [0.15, 0.2) is 0 Å². The van der Waals surface area contributed by atoms with E-state index in [9.17, 15) is 5.11 Å². The van der Waals surface area contributed by atoms with Crippen LogP contribution >= 0.6 is 0 Å². The topological polar surface area (TPSA) is 38.7 Å². The number of ether oxygens (including phenoxy) is 2. The minimum atomic E-state index is 0.00243. The van der Waals surface area contributed by atoms with E-state index in [0.29, 0.717) is 0 Å². The molecular formula is C15H22O3. The fraction of sp³-hybridized carbons (Fsp3) is 0.600. The Hall–Kier alpha value is -1.22. The molecule has 0 unspecified atom stereocenters. The number of benzene rings is 1. The molecule has 0 amide bonds. The molecule has 1 aliphatic rings. The molecule has 0 spiro atoms. The Labute approximate surface area is 109 Å². The zero-order valence-electron chi connectivity index (χ0n) is 11.2. The molecule has 0 heterocycles. The SMILES string of the molecule is COc1ccc(CO)c(OC2CCC(C)CC2)c1. The summed E-state index contributed by atoms with van der Waals surface area (Å²) in [5, 5.41) is 9.33. The van der Waals surface area contributed by atoms with Crippen LogP contribution in [0.5, 0.6) is 11.5 Å². The second-order valence-corrected chi connectivity index (χ2v) is 5.13. The molecule has 1 fully saturated rings. The Balaban J connectivity index is 2.07. The number of aliphatic hydroxyl groups excluding tert-OH is 1. The van der Waals surface area contributed by atoms with Crippen molar-refractivity contribution < 1.29 is 14.6 Å². The summed E-state index contributed by atoms with van der Waals surface area (Å²) in [4.78, 5) is 0. The van der Waals surface area contributed by atoms with E-state index in [1.54, 1.807) is 7.11 Å². The lowest BCUT2D eigenvalue weighted by molar-refractivity contribution is 0.131. The van der Waals surface area contributed by atoms with Crippen LogP contribution in [0.1, 0.15) is 38.2 Å². The van der Waals surface area contributed by atoms with Crippen molar-refractivity contribution in [2.24, 2.45) is 5.92 Å². The molecule has 0 atom stereocenters. The summed E-state index contributed by atoms with van der Waals surface area (Å²) in [6, 6.07) is 5.57. The van der Waals surface area contributed by atoms with E-state index in [0.717, 1.165) is 35.8 Å². The van der Waals surface area contributed by atoms with Gasteiger partial charge in [0.1, 0.15) is 11.5 Å². The van der Waals surface area contributed by atoms with Crippen LogP contribution in [-0.2, 0) is 6.61 Å². The molecule has 100 valence electrons. The van der Waals surface area contributed by atoms with Crippen LogP contribution in [0.15, 0.2) is 18.2 Å². The molecular weight excluding hydrogens is 228 g/mol. The standard InChI is InChI=1S/C15H22O3/c1-11-3-6-13(7-4-11)18-15-9-14(17-2)8-5-12(15)10-16/h5,8-9,11,13,16H,3-4,6-7,10H2,1-2H3. The van der Waals surface area contributed by atoms with E-state index in [1.165, 1.54) is 12.8 Å².